The lowest BCUT2D eigenvalue weighted by atomic mass is 9.96. The first-order valence-electron chi connectivity index (χ1n) is 6.78. The van der Waals surface area contributed by atoms with Crippen molar-refractivity contribution >= 4 is 23.3 Å². The fraction of sp³-hybridized carbons (Fsp3) is 0.533. The minimum atomic E-state index is -0.311. The Kier molecular flexibility index (Phi) is 4.35. The fourth-order valence-electron chi connectivity index (χ4n) is 2.16. The molecule has 0 heterocycles. The van der Waals surface area contributed by atoms with Crippen LogP contribution in [0.25, 0.3) is 0 Å². The van der Waals surface area contributed by atoms with E-state index in [4.69, 9.17) is 22.1 Å². The number of anilines is 1. The number of hydrogen-bond donors (Lipinski definition) is 1. The molecule has 0 aromatic heterocycles. The maximum absolute atomic E-state index is 12.1. The highest BCUT2D eigenvalue weighted by atomic mass is 35.5. The average Bonchev–Trinajstić information content (AvgIpc) is 3.15. The number of nitrogen functional groups attached to an aromatic ring is 1. The molecule has 0 bridgehead atoms. The standard InChI is InChI=1S/C15H20ClNO2/c1-2-3-8-19-14(18)15(6-7-15)10-11-4-5-12(16)13(17)9-11/h4-5,9H,2-3,6-8,10,17H2,1H3. The van der Waals surface area contributed by atoms with E-state index in [2.05, 4.69) is 6.92 Å². The van der Waals surface area contributed by atoms with Crippen LogP contribution in [0.1, 0.15) is 38.2 Å². The van der Waals surface area contributed by atoms with Crippen LogP contribution >= 0.6 is 11.6 Å². The quantitative estimate of drug-likeness (QED) is 0.492. The Morgan fingerprint density at radius 3 is 2.79 bits per heavy atom. The summed E-state index contributed by atoms with van der Waals surface area (Å²) < 4.78 is 5.34. The molecular weight excluding hydrogens is 262 g/mol. The van der Waals surface area contributed by atoms with Crippen molar-refractivity contribution in [1.29, 1.82) is 0 Å². The van der Waals surface area contributed by atoms with Gasteiger partial charge in [0.05, 0.1) is 22.7 Å². The molecule has 1 aromatic rings. The van der Waals surface area contributed by atoms with Gasteiger partial charge in [-0.2, -0.15) is 0 Å². The number of esters is 1. The summed E-state index contributed by atoms with van der Waals surface area (Å²) in [5.41, 5.74) is 7.09. The molecule has 1 fully saturated rings. The maximum Gasteiger partial charge on any atom is 0.312 e. The second-order valence-electron chi connectivity index (χ2n) is 5.30. The highest BCUT2D eigenvalue weighted by Crippen LogP contribution is 2.49. The van der Waals surface area contributed by atoms with Crippen LogP contribution in [0.2, 0.25) is 5.02 Å². The van der Waals surface area contributed by atoms with Crippen LogP contribution in [0.3, 0.4) is 0 Å². The second-order valence-corrected chi connectivity index (χ2v) is 5.71. The van der Waals surface area contributed by atoms with Crippen LogP contribution in [-0.4, -0.2) is 12.6 Å². The van der Waals surface area contributed by atoms with Crippen LogP contribution in [0.15, 0.2) is 18.2 Å². The zero-order chi connectivity index (χ0) is 13.9. The molecule has 104 valence electrons. The molecule has 1 aliphatic carbocycles. The summed E-state index contributed by atoms with van der Waals surface area (Å²) in [4.78, 5) is 12.1. The van der Waals surface area contributed by atoms with Crippen LogP contribution in [0.5, 0.6) is 0 Å². The van der Waals surface area contributed by atoms with Gasteiger partial charge in [-0.3, -0.25) is 4.79 Å². The molecule has 1 saturated carbocycles. The van der Waals surface area contributed by atoms with Crippen molar-refractivity contribution in [1.82, 2.24) is 0 Å². The van der Waals surface area contributed by atoms with E-state index in [9.17, 15) is 4.79 Å². The summed E-state index contributed by atoms with van der Waals surface area (Å²) in [7, 11) is 0. The smallest absolute Gasteiger partial charge is 0.312 e. The number of nitrogens with two attached hydrogens (primary N) is 1. The number of ether oxygens (including phenoxy) is 1. The minimum absolute atomic E-state index is 0.0607. The summed E-state index contributed by atoms with van der Waals surface area (Å²) in [6.07, 6.45) is 4.46. The Hall–Kier alpha value is -1.22. The summed E-state index contributed by atoms with van der Waals surface area (Å²) in [5, 5.41) is 0.555. The summed E-state index contributed by atoms with van der Waals surface area (Å²) in [6, 6.07) is 5.56. The second kappa shape index (κ2) is 5.83. The SMILES string of the molecule is CCCCOC(=O)C1(Cc2ccc(Cl)c(N)c2)CC1. The lowest BCUT2D eigenvalue weighted by molar-refractivity contribution is -0.150. The molecule has 1 aromatic carbocycles. The van der Waals surface area contributed by atoms with Crippen molar-refractivity contribution in [2.75, 3.05) is 12.3 Å². The van der Waals surface area contributed by atoms with Gasteiger partial charge in [0.1, 0.15) is 0 Å². The third kappa shape index (κ3) is 3.41. The topological polar surface area (TPSA) is 52.3 Å². The zero-order valence-electron chi connectivity index (χ0n) is 11.2. The van der Waals surface area contributed by atoms with Gasteiger partial charge in [0.15, 0.2) is 0 Å². The van der Waals surface area contributed by atoms with Gasteiger partial charge in [0.2, 0.25) is 0 Å². The van der Waals surface area contributed by atoms with Crippen LogP contribution in [0.4, 0.5) is 5.69 Å². The van der Waals surface area contributed by atoms with Gasteiger partial charge in [-0.1, -0.05) is 31.0 Å². The van der Waals surface area contributed by atoms with E-state index < -0.39 is 0 Å². The van der Waals surface area contributed by atoms with Crippen LogP contribution in [-0.2, 0) is 16.0 Å². The Morgan fingerprint density at radius 1 is 1.47 bits per heavy atom. The number of rotatable bonds is 6. The van der Waals surface area contributed by atoms with E-state index in [1.165, 1.54) is 0 Å². The first-order chi connectivity index (χ1) is 9.07. The molecule has 2 N–H and O–H groups in total. The van der Waals surface area contributed by atoms with Crippen LogP contribution in [0, 0.1) is 5.41 Å². The normalized spacial score (nSPS) is 16.1. The maximum atomic E-state index is 12.1. The van der Waals surface area contributed by atoms with Gasteiger partial charge in [-0.15, -0.1) is 0 Å². The lowest BCUT2D eigenvalue weighted by Gasteiger charge is -2.15. The number of unbranched alkanes of at least 4 members (excludes halogenated alkanes) is 1. The van der Waals surface area contributed by atoms with Crippen molar-refractivity contribution in [2.45, 2.75) is 39.0 Å². The van der Waals surface area contributed by atoms with Crippen molar-refractivity contribution in [3.8, 4) is 0 Å². The number of carbonyl (C=O) groups excluding carboxylic acids is 1. The molecule has 0 aliphatic heterocycles. The molecule has 0 amide bonds. The number of hydrogen-bond acceptors (Lipinski definition) is 3. The average molecular weight is 282 g/mol. The molecule has 3 nitrogen and oxygen atoms in total. The summed E-state index contributed by atoms with van der Waals surface area (Å²) in [5.74, 6) is -0.0607. The van der Waals surface area contributed by atoms with E-state index in [0.717, 1.165) is 31.2 Å². The third-order valence-corrected chi connectivity index (χ3v) is 3.96. The number of benzene rings is 1. The van der Waals surface area contributed by atoms with Crippen molar-refractivity contribution < 1.29 is 9.53 Å². The number of carbonyl (C=O) groups is 1. The number of halogens is 1. The van der Waals surface area contributed by atoms with Gasteiger partial charge in [0, 0.05) is 0 Å². The Bertz CT molecular complexity index is 469. The molecule has 4 heteroatoms. The monoisotopic (exact) mass is 281 g/mol. The Morgan fingerprint density at radius 2 is 2.21 bits per heavy atom. The van der Waals surface area contributed by atoms with Gasteiger partial charge < -0.3 is 10.5 Å². The molecule has 0 spiro atoms. The van der Waals surface area contributed by atoms with E-state index in [1.54, 1.807) is 6.07 Å². The largest absolute Gasteiger partial charge is 0.465 e. The molecule has 0 unspecified atom stereocenters. The minimum Gasteiger partial charge on any atom is -0.465 e. The molecule has 0 saturated heterocycles. The van der Waals surface area contributed by atoms with E-state index in [-0.39, 0.29) is 11.4 Å². The summed E-state index contributed by atoms with van der Waals surface area (Å²) in [6.45, 7) is 2.61. The van der Waals surface area contributed by atoms with Gasteiger partial charge in [-0.25, -0.2) is 0 Å². The lowest BCUT2D eigenvalue weighted by Crippen LogP contribution is -2.22. The van der Waals surface area contributed by atoms with E-state index in [0.29, 0.717) is 23.7 Å². The predicted octanol–water partition coefficient (Wildman–Crippen LogP) is 3.59. The van der Waals surface area contributed by atoms with Crippen molar-refractivity contribution in [3.05, 3.63) is 28.8 Å². The molecule has 1 aliphatic rings. The third-order valence-electron chi connectivity index (χ3n) is 3.62. The molecule has 0 atom stereocenters. The van der Waals surface area contributed by atoms with Crippen molar-refractivity contribution in [3.63, 3.8) is 0 Å². The zero-order valence-corrected chi connectivity index (χ0v) is 12.0. The van der Waals surface area contributed by atoms with Crippen LogP contribution < -0.4 is 5.73 Å². The van der Waals surface area contributed by atoms with E-state index in [1.807, 2.05) is 12.1 Å². The molecular formula is C15H20ClNO2. The van der Waals surface area contributed by atoms with Gasteiger partial charge >= 0.3 is 5.97 Å². The summed E-state index contributed by atoms with van der Waals surface area (Å²) >= 11 is 5.90. The van der Waals surface area contributed by atoms with Gasteiger partial charge in [0.25, 0.3) is 0 Å². The van der Waals surface area contributed by atoms with E-state index >= 15 is 0 Å². The van der Waals surface area contributed by atoms with Crippen molar-refractivity contribution in [2.24, 2.45) is 5.41 Å². The fourth-order valence-corrected chi connectivity index (χ4v) is 2.28. The molecule has 19 heavy (non-hydrogen) atoms. The highest BCUT2D eigenvalue weighted by Gasteiger charge is 2.51. The van der Waals surface area contributed by atoms with Gasteiger partial charge in [-0.05, 0) is 43.4 Å². The first kappa shape index (κ1) is 14.2. The highest BCUT2D eigenvalue weighted by molar-refractivity contribution is 6.33. The first-order valence-corrected chi connectivity index (χ1v) is 7.16. The Balaban J connectivity index is 1.97. The molecule has 0 radical (unpaired) electrons. The Labute approximate surface area is 119 Å². The predicted molar refractivity (Wildman–Crippen MR) is 77.1 cm³/mol. The molecule has 2 rings (SSSR count).